The van der Waals surface area contributed by atoms with Gasteiger partial charge in [0, 0.05) is 19.3 Å². The van der Waals surface area contributed by atoms with Crippen LogP contribution in [0.5, 0.6) is 0 Å². The van der Waals surface area contributed by atoms with Crippen molar-refractivity contribution in [2.45, 2.75) is 252 Å². The lowest BCUT2D eigenvalue weighted by molar-refractivity contribution is -0.167. The van der Waals surface area contributed by atoms with Gasteiger partial charge in [-0.2, -0.15) is 0 Å². The fraction of sp³-hybridized carbons (Fsp3) is 0.732. The molecule has 0 aromatic rings. The SMILES string of the molecule is CC/C=C/C=C/C=C/C=C/C=C/CCCC(=O)OCC(COC(=O)CCCCCCCCC/C=C/CCCCCCCC)OC(=O)CCCCCCCCCCCCCCCC. The third kappa shape index (κ3) is 47.9. The van der Waals surface area contributed by atoms with Crippen LogP contribution in [0.3, 0.4) is 0 Å². The van der Waals surface area contributed by atoms with Gasteiger partial charge < -0.3 is 14.2 Å². The zero-order valence-electron chi connectivity index (χ0n) is 40.6. The molecule has 0 amide bonds. The first kappa shape index (κ1) is 58.9. The number of esters is 3. The molecule has 0 aliphatic carbocycles. The average molecular weight is 865 g/mol. The first-order valence-electron chi connectivity index (χ1n) is 26.0. The fourth-order valence-corrected chi connectivity index (χ4v) is 7.17. The van der Waals surface area contributed by atoms with Crippen molar-refractivity contribution in [1.82, 2.24) is 0 Å². The summed E-state index contributed by atoms with van der Waals surface area (Å²) in [6.07, 6.45) is 63.2. The predicted octanol–water partition coefficient (Wildman–Crippen LogP) is 17.0. The minimum absolute atomic E-state index is 0.0985. The van der Waals surface area contributed by atoms with Crippen molar-refractivity contribution >= 4 is 17.9 Å². The molecule has 356 valence electrons. The summed E-state index contributed by atoms with van der Waals surface area (Å²) in [4.78, 5) is 37.9. The minimum Gasteiger partial charge on any atom is -0.462 e. The highest BCUT2D eigenvalue weighted by molar-refractivity contribution is 5.71. The van der Waals surface area contributed by atoms with Gasteiger partial charge in [0.05, 0.1) is 0 Å². The van der Waals surface area contributed by atoms with Crippen molar-refractivity contribution in [2.24, 2.45) is 0 Å². The lowest BCUT2D eigenvalue weighted by Gasteiger charge is -2.18. The summed E-state index contributed by atoms with van der Waals surface area (Å²) in [6.45, 7) is 6.43. The quantitative estimate of drug-likeness (QED) is 0.0199. The van der Waals surface area contributed by atoms with Gasteiger partial charge in [-0.1, -0.05) is 241 Å². The number of unbranched alkanes of at least 4 members (excludes halogenated alkanes) is 27. The van der Waals surface area contributed by atoms with E-state index in [0.29, 0.717) is 19.3 Å². The molecular formula is C56H96O6. The van der Waals surface area contributed by atoms with E-state index in [1.165, 1.54) is 148 Å². The molecule has 0 N–H and O–H groups in total. The molecule has 0 aliphatic heterocycles. The van der Waals surface area contributed by atoms with Crippen LogP contribution in [0, 0.1) is 0 Å². The van der Waals surface area contributed by atoms with Crippen LogP contribution in [0.1, 0.15) is 245 Å². The number of carbonyl (C=O) groups is 3. The van der Waals surface area contributed by atoms with E-state index in [2.05, 4.69) is 39.0 Å². The lowest BCUT2D eigenvalue weighted by Crippen LogP contribution is -2.30. The van der Waals surface area contributed by atoms with E-state index in [-0.39, 0.29) is 37.5 Å². The van der Waals surface area contributed by atoms with Gasteiger partial charge in [0.15, 0.2) is 6.10 Å². The van der Waals surface area contributed by atoms with E-state index in [1.807, 2.05) is 54.7 Å². The third-order valence-electron chi connectivity index (χ3n) is 11.1. The molecule has 6 nitrogen and oxygen atoms in total. The minimum atomic E-state index is -0.803. The molecule has 0 saturated carbocycles. The van der Waals surface area contributed by atoms with Crippen molar-refractivity contribution in [3.05, 3.63) is 72.9 Å². The second-order valence-electron chi connectivity index (χ2n) is 17.2. The Morgan fingerprint density at radius 1 is 0.339 bits per heavy atom. The number of ether oxygens (including phenoxy) is 3. The van der Waals surface area contributed by atoms with Gasteiger partial charge in [-0.15, -0.1) is 0 Å². The Morgan fingerprint density at radius 3 is 1.08 bits per heavy atom. The van der Waals surface area contributed by atoms with Crippen molar-refractivity contribution < 1.29 is 28.6 Å². The van der Waals surface area contributed by atoms with Crippen LogP contribution < -0.4 is 0 Å². The van der Waals surface area contributed by atoms with Crippen LogP contribution >= 0.6 is 0 Å². The Labute approximate surface area is 382 Å². The third-order valence-corrected chi connectivity index (χ3v) is 11.1. The average Bonchev–Trinajstić information content (AvgIpc) is 3.27. The Hall–Kier alpha value is -3.15. The van der Waals surface area contributed by atoms with Crippen LogP contribution in [0.25, 0.3) is 0 Å². The van der Waals surface area contributed by atoms with Crippen molar-refractivity contribution in [1.29, 1.82) is 0 Å². The molecule has 0 rings (SSSR count). The van der Waals surface area contributed by atoms with Gasteiger partial charge in [0.1, 0.15) is 13.2 Å². The maximum Gasteiger partial charge on any atom is 0.306 e. The molecule has 0 heterocycles. The monoisotopic (exact) mass is 865 g/mol. The number of hydrogen-bond donors (Lipinski definition) is 0. The summed E-state index contributed by atoms with van der Waals surface area (Å²) in [5, 5.41) is 0. The molecule has 1 unspecified atom stereocenters. The maximum absolute atomic E-state index is 12.8. The van der Waals surface area contributed by atoms with Gasteiger partial charge in [-0.3, -0.25) is 14.4 Å². The molecular weight excluding hydrogens is 769 g/mol. The number of allylic oxidation sites excluding steroid dienone is 12. The molecule has 0 aliphatic rings. The maximum atomic E-state index is 12.8. The molecule has 62 heavy (non-hydrogen) atoms. The lowest BCUT2D eigenvalue weighted by atomic mass is 10.0. The molecule has 6 heteroatoms. The highest BCUT2D eigenvalue weighted by atomic mass is 16.6. The van der Waals surface area contributed by atoms with Gasteiger partial charge in [0.25, 0.3) is 0 Å². The highest BCUT2D eigenvalue weighted by Crippen LogP contribution is 2.15. The van der Waals surface area contributed by atoms with E-state index >= 15 is 0 Å². The summed E-state index contributed by atoms with van der Waals surface area (Å²) < 4.78 is 16.7. The van der Waals surface area contributed by atoms with E-state index in [9.17, 15) is 14.4 Å². The van der Waals surface area contributed by atoms with Gasteiger partial charge >= 0.3 is 17.9 Å². The summed E-state index contributed by atoms with van der Waals surface area (Å²) in [5.74, 6) is -0.975. The van der Waals surface area contributed by atoms with Crippen LogP contribution in [0.2, 0.25) is 0 Å². The molecule has 0 spiro atoms. The standard InChI is InChI=1S/C56H96O6/c1-4-7-10-13-16-19-22-25-27-28-29-32-34-37-40-43-46-49-55(58)61-52-53(51-60-54(57)48-45-42-39-36-33-30-24-21-18-15-12-9-6-3)62-56(59)50-47-44-41-38-35-31-26-23-20-17-14-11-8-5-2/h9,12,15,18,21,24-25,27,30,33,36,39,53H,4-8,10-11,13-14,16-17,19-20,22-23,26,28-29,31-32,34-35,37-38,40-52H2,1-3H3/b12-9+,18-15+,24-21+,27-25+,33-30+,39-36+. The predicted molar refractivity (Wildman–Crippen MR) is 265 cm³/mol. The summed E-state index contributed by atoms with van der Waals surface area (Å²) in [6, 6.07) is 0. The Bertz CT molecular complexity index is 1180. The number of hydrogen-bond acceptors (Lipinski definition) is 6. The summed E-state index contributed by atoms with van der Waals surface area (Å²) in [7, 11) is 0. The van der Waals surface area contributed by atoms with Crippen LogP contribution in [-0.2, 0) is 28.6 Å². The van der Waals surface area contributed by atoms with Gasteiger partial charge in [0.2, 0.25) is 0 Å². The zero-order chi connectivity index (χ0) is 45.1. The molecule has 0 radical (unpaired) electrons. The second-order valence-corrected chi connectivity index (χ2v) is 17.2. The van der Waals surface area contributed by atoms with Crippen LogP contribution in [0.4, 0.5) is 0 Å². The number of rotatable bonds is 46. The highest BCUT2D eigenvalue weighted by Gasteiger charge is 2.19. The number of carbonyl (C=O) groups excluding carboxylic acids is 3. The topological polar surface area (TPSA) is 78.9 Å². The Kier molecular flexibility index (Phi) is 47.9. The summed E-state index contributed by atoms with van der Waals surface area (Å²) in [5.41, 5.74) is 0. The van der Waals surface area contributed by atoms with E-state index in [0.717, 1.165) is 51.4 Å². The Morgan fingerprint density at radius 2 is 0.661 bits per heavy atom. The molecule has 0 bridgehead atoms. The first-order valence-corrected chi connectivity index (χ1v) is 26.0. The first-order chi connectivity index (χ1) is 30.5. The molecule has 0 aromatic heterocycles. The Balaban J connectivity index is 4.45. The van der Waals surface area contributed by atoms with Crippen molar-refractivity contribution in [2.75, 3.05) is 13.2 Å². The van der Waals surface area contributed by atoms with Gasteiger partial charge in [-0.05, 0) is 57.8 Å². The van der Waals surface area contributed by atoms with Crippen molar-refractivity contribution in [3.63, 3.8) is 0 Å². The summed E-state index contributed by atoms with van der Waals surface area (Å²) >= 11 is 0. The van der Waals surface area contributed by atoms with Crippen LogP contribution in [0.15, 0.2) is 72.9 Å². The van der Waals surface area contributed by atoms with E-state index in [1.54, 1.807) is 0 Å². The second kappa shape index (κ2) is 50.5. The molecule has 0 aromatic carbocycles. The molecule has 0 saturated heterocycles. The van der Waals surface area contributed by atoms with E-state index < -0.39 is 6.10 Å². The zero-order valence-corrected chi connectivity index (χ0v) is 40.6. The fourth-order valence-electron chi connectivity index (χ4n) is 7.17. The smallest absolute Gasteiger partial charge is 0.306 e. The van der Waals surface area contributed by atoms with Crippen LogP contribution in [-0.4, -0.2) is 37.2 Å². The normalized spacial score (nSPS) is 12.6. The van der Waals surface area contributed by atoms with Gasteiger partial charge in [-0.25, -0.2) is 0 Å². The largest absolute Gasteiger partial charge is 0.462 e. The van der Waals surface area contributed by atoms with E-state index in [4.69, 9.17) is 14.2 Å². The molecule has 1 atom stereocenters. The van der Waals surface area contributed by atoms with Crippen molar-refractivity contribution in [3.8, 4) is 0 Å². The molecule has 0 fully saturated rings.